The smallest absolute Gasteiger partial charge is 0.328 e. The third-order valence-corrected chi connectivity index (χ3v) is 2.26. The van der Waals surface area contributed by atoms with Crippen molar-refractivity contribution in [3.05, 3.63) is 5.82 Å². The molecule has 0 aliphatic heterocycles. The summed E-state index contributed by atoms with van der Waals surface area (Å²) in [7, 11) is 0. The largest absolute Gasteiger partial charge is 0.480 e. The molecule has 0 fully saturated rings. The molecule has 1 rings (SSSR count). The molecule has 88 valence electrons. The van der Waals surface area contributed by atoms with Crippen LogP contribution in [0.2, 0.25) is 0 Å². The summed E-state index contributed by atoms with van der Waals surface area (Å²) in [4.78, 5) is 25.6. The molecule has 16 heavy (non-hydrogen) atoms. The molecule has 0 aliphatic rings. The molecule has 0 spiro atoms. The van der Waals surface area contributed by atoms with E-state index in [0.29, 0.717) is 5.82 Å². The predicted molar refractivity (Wildman–Crippen MR) is 55.3 cm³/mol. The lowest BCUT2D eigenvalue weighted by Gasteiger charge is -2.10. The summed E-state index contributed by atoms with van der Waals surface area (Å²) in [6.45, 7) is 0.977. The van der Waals surface area contributed by atoms with Crippen molar-refractivity contribution in [1.29, 1.82) is 0 Å². The second-order valence-corrected chi connectivity index (χ2v) is 3.57. The minimum atomic E-state index is -1.34. The molecule has 8 nitrogen and oxygen atoms in total. The third-order valence-electron chi connectivity index (χ3n) is 1.53. The van der Waals surface area contributed by atoms with Crippen molar-refractivity contribution >= 4 is 28.7 Å². The molecule has 4 N–H and O–H groups in total. The fourth-order valence-electron chi connectivity index (χ4n) is 0.825. The van der Waals surface area contributed by atoms with Crippen LogP contribution in [0, 0.1) is 6.92 Å². The summed E-state index contributed by atoms with van der Waals surface area (Å²) in [5.41, 5.74) is 0. The molecule has 0 aliphatic carbocycles. The first-order valence-electron chi connectivity index (χ1n) is 4.24. The number of rotatable bonds is 4. The average Bonchev–Trinajstić information content (AvgIpc) is 2.60. The van der Waals surface area contributed by atoms with Gasteiger partial charge in [-0.25, -0.2) is 14.6 Å². The second kappa shape index (κ2) is 5.37. The van der Waals surface area contributed by atoms with Crippen LogP contribution in [0.25, 0.3) is 0 Å². The number of hydrogen-bond donors (Lipinski definition) is 4. The van der Waals surface area contributed by atoms with E-state index in [1.807, 2.05) is 0 Å². The van der Waals surface area contributed by atoms with E-state index in [2.05, 4.69) is 20.0 Å². The van der Waals surface area contributed by atoms with Gasteiger partial charge in [0.1, 0.15) is 5.82 Å². The van der Waals surface area contributed by atoms with Gasteiger partial charge in [-0.3, -0.25) is 5.32 Å². The van der Waals surface area contributed by atoms with E-state index in [9.17, 15) is 9.59 Å². The second-order valence-electron chi connectivity index (χ2n) is 2.82. The number of aliphatic carboxylic acids is 1. The van der Waals surface area contributed by atoms with Gasteiger partial charge < -0.3 is 15.5 Å². The maximum absolute atomic E-state index is 11.2. The number of amides is 2. The number of hydrogen-bond acceptors (Lipinski definition) is 6. The number of carboxylic acids is 1. The van der Waals surface area contributed by atoms with Crippen LogP contribution in [0.3, 0.4) is 0 Å². The van der Waals surface area contributed by atoms with Crippen LogP contribution in [0.15, 0.2) is 0 Å². The molecule has 1 aromatic heterocycles. The van der Waals surface area contributed by atoms with Gasteiger partial charge in [-0.05, 0) is 6.92 Å². The number of carboxylic acid groups (broad SMARTS) is 1. The predicted octanol–water partition coefficient (Wildman–Crippen LogP) is -0.586. The topological polar surface area (TPSA) is 124 Å². The molecule has 0 saturated heterocycles. The number of aliphatic hydroxyl groups is 1. The lowest BCUT2D eigenvalue weighted by atomic mass is 10.3. The quantitative estimate of drug-likeness (QED) is 0.563. The van der Waals surface area contributed by atoms with Crippen LogP contribution in [0.1, 0.15) is 5.82 Å². The highest BCUT2D eigenvalue weighted by atomic mass is 32.1. The van der Waals surface area contributed by atoms with E-state index in [1.54, 1.807) is 6.92 Å². The van der Waals surface area contributed by atoms with Crippen LogP contribution in [-0.2, 0) is 4.79 Å². The van der Waals surface area contributed by atoms with E-state index < -0.39 is 24.6 Å². The van der Waals surface area contributed by atoms with Crippen molar-refractivity contribution in [3.8, 4) is 0 Å². The standard InChI is InChI=1S/C7H10N4O4S/c1-3-8-7(16-11-3)10-6(15)9-4(2-12)5(13)14/h4,12H,2H2,1H3,(H,13,14)(H2,8,9,10,11,15). The van der Waals surface area contributed by atoms with Crippen molar-refractivity contribution in [2.24, 2.45) is 0 Å². The maximum Gasteiger partial charge on any atom is 0.328 e. The van der Waals surface area contributed by atoms with Gasteiger partial charge >= 0.3 is 12.0 Å². The minimum Gasteiger partial charge on any atom is -0.480 e. The number of nitrogens with one attached hydrogen (secondary N) is 2. The highest BCUT2D eigenvalue weighted by Gasteiger charge is 2.19. The van der Waals surface area contributed by atoms with Gasteiger partial charge in [-0.2, -0.15) is 4.37 Å². The van der Waals surface area contributed by atoms with Crippen LogP contribution in [0.5, 0.6) is 0 Å². The van der Waals surface area contributed by atoms with Crippen LogP contribution >= 0.6 is 11.5 Å². The molecule has 1 atom stereocenters. The Labute approximate surface area is 94.5 Å². The zero-order chi connectivity index (χ0) is 12.1. The number of anilines is 1. The minimum absolute atomic E-state index is 0.261. The van der Waals surface area contributed by atoms with E-state index in [1.165, 1.54) is 0 Å². The number of carbonyl (C=O) groups excluding carboxylic acids is 1. The fraction of sp³-hybridized carbons (Fsp3) is 0.429. The lowest BCUT2D eigenvalue weighted by molar-refractivity contribution is -0.140. The van der Waals surface area contributed by atoms with Gasteiger partial charge in [0, 0.05) is 11.5 Å². The van der Waals surface area contributed by atoms with Gasteiger partial charge in [0.2, 0.25) is 5.13 Å². The summed E-state index contributed by atoms with van der Waals surface area (Å²) >= 11 is 0.978. The zero-order valence-electron chi connectivity index (χ0n) is 8.30. The Kier molecular flexibility index (Phi) is 4.14. The number of nitrogens with zero attached hydrogens (tertiary/aromatic N) is 2. The fourth-order valence-corrected chi connectivity index (χ4v) is 1.40. The first-order valence-corrected chi connectivity index (χ1v) is 5.01. The summed E-state index contributed by atoms with van der Waals surface area (Å²) < 4.78 is 3.83. The van der Waals surface area contributed by atoms with Crippen molar-refractivity contribution in [1.82, 2.24) is 14.7 Å². The SMILES string of the molecule is Cc1nsc(NC(=O)NC(CO)C(=O)O)n1. The number of carbonyl (C=O) groups is 2. The average molecular weight is 246 g/mol. The lowest BCUT2D eigenvalue weighted by Crippen LogP contribution is -2.45. The number of aliphatic hydroxyl groups excluding tert-OH is 1. The van der Waals surface area contributed by atoms with Gasteiger partial charge in [-0.15, -0.1) is 0 Å². The molecule has 1 aromatic rings. The van der Waals surface area contributed by atoms with Crippen LogP contribution < -0.4 is 10.6 Å². The number of aromatic nitrogens is 2. The van der Waals surface area contributed by atoms with E-state index in [0.717, 1.165) is 11.5 Å². The molecule has 0 bridgehead atoms. The van der Waals surface area contributed by atoms with Crippen molar-refractivity contribution in [2.45, 2.75) is 13.0 Å². The molecule has 1 unspecified atom stereocenters. The molecule has 0 radical (unpaired) electrons. The number of aryl methyl sites for hydroxylation is 1. The normalized spacial score (nSPS) is 11.9. The Morgan fingerprint density at radius 3 is 2.69 bits per heavy atom. The highest BCUT2D eigenvalue weighted by molar-refractivity contribution is 7.09. The highest BCUT2D eigenvalue weighted by Crippen LogP contribution is 2.09. The first kappa shape index (κ1) is 12.3. The van der Waals surface area contributed by atoms with E-state index >= 15 is 0 Å². The van der Waals surface area contributed by atoms with Gasteiger partial charge in [0.25, 0.3) is 0 Å². The molecular weight excluding hydrogens is 236 g/mol. The van der Waals surface area contributed by atoms with Gasteiger partial charge in [0.05, 0.1) is 6.61 Å². The molecule has 9 heteroatoms. The Balaban J connectivity index is 2.50. The Morgan fingerprint density at radius 2 is 2.25 bits per heavy atom. The monoisotopic (exact) mass is 246 g/mol. The van der Waals surface area contributed by atoms with Crippen LogP contribution in [0.4, 0.5) is 9.93 Å². The summed E-state index contributed by atoms with van der Waals surface area (Å²) in [6.07, 6.45) is 0. The molecule has 0 saturated carbocycles. The maximum atomic E-state index is 11.2. The van der Waals surface area contributed by atoms with Gasteiger partial charge in [-0.1, -0.05) is 0 Å². The molecule has 1 heterocycles. The van der Waals surface area contributed by atoms with Gasteiger partial charge in [0.15, 0.2) is 6.04 Å². The first-order chi connectivity index (χ1) is 7.52. The van der Waals surface area contributed by atoms with E-state index in [4.69, 9.17) is 10.2 Å². The van der Waals surface area contributed by atoms with E-state index in [-0.39, 0.29) is 5.13 Å². The van der Waals surface area contributed by atoms with Crippen molar-refractivity contribution in [2.75, 3.05) is 11.9 Å². The Bertz CT molecular complexity index is 393. The summed E-state index contributed by atoms with van der Waals surface area (Å²) in [6, 6.07) is -2.09. The van der Waals surface area contributed by atoms with Crippen molar-refractivity contribution in [3.63, 3.8) is 0 Å². The molecule has 2 amide bonds. The van der Waals surface area contributed by atoms with Crippen molar-refractivity contribution < 1.29 is 19.8 Å². The summed E-state index contributed by atoms with van der Waals surface area (Å²) in [5, 5.41) is 21.9. The number of urea groups is 1. The molecular formula is C7H10N4O4S. The van der Waals surface area contributed by atoms with Crippen LogP contribution in [-0.4, -0.2) is 44.2 Å². The molecule has 0 aromatic carbocycles. The third kappa shape index (κ3) is 3.44. The Morgan fingerprint density at radius 1 is 1.56 bits per heavy atom. The summed E-state index contributed by atoms with van der Waals surface area (Å²) in [5.74, 6) is -0.802. The Hall–Kier alpha value is -1.74. The zero-order valence-corrected chi connectivity index (χ0v) is 9.11.